The van der Waals surface area contributed by atoms with Gasteiger partial charge in [-0.05, 0) is 51.5 Å². The standard InChI is InChI=1S/C23H27N5O4S/c1-13(2)28-19-9-17(22(30)26-23(5)11-33(31,32)12-23)10-24-21(19)20(27-28)16-6-7-18(14(3)8-16)25-15(4)29/h6-10,13H,11-12H2,1-5H3,(H,25,29)(H,26,30). The molecule has 1 saturated heterocycles. The van der Waals surface area contributed by atoms with E-state index in [4.69, 9.17) is 5.10 Å². The molecule has 10 heteroatoms. The second-order valence-corrected chi connectivity index (χ2v) is 11.3. The molecule has 3 aromatic rings. The van der Waals surface area contributed by atoms with Crippen molar-refractivity contribution in [1.29, 1.82) is 0 Å². The van der Waals surface area contributed by atoms with E-state index >= 15 is 0 Å². The zero-order valence-electron chi connectivity index (χ0n) is 19.3. The molecule has 0 atom stereocenters. The molecule has 33 heavy (non-hydrogen) atoms. The van der Waals surface area contributed by atoms with E-state index < -0.39 is 15.4 Å². The predicted octanol–water partition coefficient (Wildman–Crippen LogP) is 2.86. The van der Waals surface area contributed by atoms with Gasteiger partial charge in [0.2, 0.25) is 5.91 Å². The first kappa shape index (κ1) is 22.9. The molecule has 4 rings (SSSR count). The third kappa shape index (κ3) is 4.47. The van der Waals surface area contributed by atoms with E-state index in [1.165, 1.54) is 13.1 Å². The lowest BCUT2D eigenvalue weighted by Gasteiger charge is -2.38. The summed E-state index contributed by atoms with van der Waals surface area (Å²) in [5, 5.41) is 10.4. The molecular formula is C23H27N5O4S. The van der Waals surface area contributed by atoms with Gasteiger partial charge in [-0.2, -0.15) is 5.10 Å². The number of carbonyl (C=O) groups excluding carboxylic acids is 2. The molecule has 2 amide bonds. The van der Waals surface area contributed by atoms with E-state index in [0.717, 1.165) is 16.8 Å². The second kappa shape index (κ2) is 7.95. The van der Waals surface area contributed by atoms with E-state index in [1.54, 1.807) is 13.0 Å². The summed E-state index contributed by atoms with van der Waals surface area (Å²) < 4.78 is 24.9. The second-order valence-electron chi connectivity index (χ2n) is 9.24. The highest BCUT2D eigenvalue weighted by Gasteiger charge is 2.45. The molecule has 1 aromatic carbocycles. The van der Waals surface area contributed by atoms with Crippen LogP contribution in [0.1, 0.15) is 49.7 Å². The Labute approximate surface area is 192 Å². The Morgan fingerprint density at radius 1 is 1.18 bits per heavy atom. The van der Waals surface area contributed by atoms with Gasteiger partial charge in [0.1, 0.15) is 11.2 Å². The van der Waals surface area contributed by atoms with Gasteiger partial charge in [-0.3, -0.25) is 19.3 Å². The molecule has 3 heterocycles. The van der Waals surface area contributed by atoms with Crippen molar-refractivity contribution in [2.75, 3.05) is 16.8 Å². The zero-order chi connectivity index (χ0) is 24.1. The van der Waals surface area contributed by atoms with Crippen LogP contribution in [0.2, 0.25) is 0 Å². The minimum atomic E-state index is -3.08. The largest absolute Gasteiger partial charge is 0.345 e. The van der Waals surface area contributed by atoms with Crippen LogP contribution in [-0.2, 0) is 14.6 Å². The van der Waals surface area contributed by atoms with Crippen LogP contribution < -0.4 is 10.6 Å². The van der Waals surface area contributed by atoms with Crippen LogP contribution in [0.4, 0.5) is 5.69 Å². The first-order valence-electron chi connectivity index (χ1n) is 10.7. The van der Waals surface area contributed by atoms with Crippen molar-refractivity contribution in [2.45, 2.75) is 46.2 Å². The highest BCUT2D eigenvalue weighted by Crippen LogP contribution is 2.31. The van der Waals surface area contributed by atoms with Crippen LogP contribution in [0.15, 0.2) is 30.5 Å². The van der Waals surface area contributed by atoms with Crippen molar-refractivity contribution in [3.8, 4) is 11.3 Å². The Morgan fingerprint density at radius 2 is 1.88 bits per heavy atom. The highest BCUT2D eigenvalue weighted by molar-refractivity contribution is 7.93. The number of anilines is 1. The quantitative estimate of drug-likeness (QED) is 0.592. The molecule has 174 valence electrons. The fourth-order valence-corrected chi connectivity index (χ4v) is 6.22. The monoisotopic (exact) mass is 469 g/mol. The van der Waals surface area contributed by atoms with Gasteiger partial charge < -0.3 is 10.6 Å². The van der Waals surface area contributed by atoms with Gasteiger partial charge in [0.05, 0.1) is 28.1 Å². The summed E-state index contributed by atoms with van der Waals surface area (Å²) in [5.41, 5.74) is 4.11. The van der Waals surface area contributed by atoms with Crippen molar-refractivity contribution in [3.05, 3.63) is 41.6 Å². The fourth-order valence-electron chi connectivity index (χ4n) is 4.22. The number of hydrogen-bond acceptors (Lipinski definition) is 6. The number of pyridine rings is 1. The van der Waals surface area contributed by atoms with Crippen LogP contribution in [0.5, 0.6) is 0 Å². The summed E-state index contributed by atoms with van der Waals surface area (Å²) >= 11 is 0. The zero-order valence-corrected chi connectivity index (χ0v) is 20.1. The molecule has 0 saturated carbocycles. The van der Waals surface area contributed by atoms with E-state index in [2.05, 4.69) is 15.6 Å². The smallest absolute Gasteiger partial charge is 0.253 e. The summed E-state index contributed by atoms with van der Waals surface area (Å²) in [5.74, 6) is -0.635. The molecule has 1 aliphatic heterocycles. The molecule has 0 unspecified atom stereocenters. The number of carbonyl (C=O) groups is 2. The van der Waals surface area contributed by atoms with Crippen LogP contribution in [0, 0.1) is 6.92 Å². The first-order valence-corrected chi connectivity index (χ1v) is 12.5. The average Bonchev–Trinajstić information content (AvgIpc) is 3.06. The minimum Gasteiger partial charge on any atom is -0.345 e. The Balaban J connectivity index is 1.71. The number of hydrogen-bond donors (Lipinski definition) is 2. The molecule has 1 aliphatic rings. The van der Waals surface area contributed by atoms with E-state index in [9.17, 15) is 18.0 Å². The highest BCUT2D eigenvalue weighted by atomic mass is 32.2. The van der Waals surface area contributed by atoms with Gasteiger partial charge in [0.25, 0.3) is 5.91 Å². The van der Waals surface area contributed by atoms with E-state index in [-0.39, 0.29) is 29.4 Å². The minimum absolute atomic E-state index is 0.0235. The molecule has 0 bridgehead atoms. The molecule has 9 nitrogen and oxygen atoms in total. The van der Waals surface area contributed by atoms with Gasteiger partial charge in [0, 0.05) is 30.4 Å². The van der Waals surface area contributed by atoms with Crippen molar-refractivity contribution in [2.24, 2.45) is 0 Å². The maximum Gasteiger partial charge on any atom is 0.253 e. The maximum atomic E-state index is 12.8. The van der Waals surface area contributed by atoms with Crippen molar-refractivity contribution in [3.63, 3.8) is 0 Å². The number of nitrogens with zero attached hydrogens (tertiary/aromatic N) is 3. The lowest BCUT2D eigenvalue weighted by molar-refractivity contribution is -0.114. The number of aryl methyl sites for hydroxylation is 1. The molecule has 0 radical (unpaired) electrons. The van der Waals surface area contributed by atoms with Crippen molar-refractivity contribution < 1.29 is 18.0 Å². The number of benzene rings is 1. The van der Waals surface area contributed by atoms with Crippen LogP contribution >= 0.6 is 0 Å². The van der Waals surface area contributed by atoms with Crippen molar-refractivity contribution >= 4 is 38.4 Å². The van der Waals surface area contributed by atoms with Crippen molar-refractivity contribution in [1.82, 2.24) is 20.1 Å². The Bertz CT molecular complexity index is 1380. The third-order valence-electron chi connectivity index (χ3n) is 5.60. The summed E-state index contributed by atoms with van der Waals surface area (Å²) in [6, 6.07) is 7.42. The van der Waals surface area contributed by atoms with Crippen LogP contribution in [0.3, 0.4) is 0 Å². The Morgan fingerprint density at radius 3 is 2.45 bits per heavy atom. The van der Waals surface area contributed by atoms with E-state index in [0.29, 0.717) is 22.3 Å². The third-order valence-corrected chi connectivity index (χ3v) is 7.75. The average molecular weight is 470 g/mol. The fraction of sp³-hybridized carbons (Fsp3) is 0.391. The summed E-state index contributed by atoms with van der Waals surface area (Å²) in [6.07, 6.45) is 1.49. The SMILES string of the molecule is CC(=O)Nc1ccc(-c2nn(C(C)C)c3cc(C(=O)NC4(C)CS(=O)(=O)C4)cnc23)cc1C. The van der Waals surface area contributed by atoms with Crippen LogP contribution in [-0.4, -0.2) is 52.0 Å². The molecule has 0 aliphatic carbocycles. The summed E-state index contributed by atoms with van der Waals surface area (Å²) in [7, 11) is -3.08. The van der Waals surface area contributed by atoms with Gasteiger partial charge in [-0.15, -0.1) is 0 Å². The number of sulfone groups is 1. The van der Waals surface area contributed by atoms with Gasteiger partial charge in [0.15, 0.2) is 9.84 Å². The van der Waals surface area contributed by atoms with Gasteiger partial charge >= 0.3 is 0 Å². The topological polar surface area (TPSA) is 123 Å². The first-order chi connectivity index (χ1) is 15.4. The number of nitrogens with one attached hydrogen (secondary N) is 2. The molecular weight excluding hydrogens is 442 g/mol. The van der Waals surface area contributed by atoms with Gasteiger partial charge in [-0.25, -0.2) is 8.42 Å². The normalized spacial score (nSPS) is 16.4. The Kier molecular flexibility index (Phi) is 5.52. The summed E-state index contributed by atoms with van der Waals surface area (Å²) in [6.45, 7) is 9.09. The van der Waals surface area contributed by atoms with Gasteiger partial charge in [-0.1, -0.05) is 6.07 Å². The molecule has 2 aromatic heterocycles. The Hall–Kier alpha value is -3.27. The molecule has 2 N–H and O–H groups in total. The molecule has 0 spiro atoms. The lowest BCUT2D eigenvalue weighted by Crippen LogP contribution is -2.63. The predicted molar refractivity (Wildman–Crippen MR) is 127 cm³/mol. The molecule has 1 fully saturated rings. The summed E-state index contributed by atoms with van der Waals surface area (Å²) in [4.78, 5) is 28.8. The number of aromatic nitrogens is 3. The number of amides is 2. The maximum absolute atomic E-state index is 12.8. The number of fused-ring (bicyclic) bond motifs is 1. The van der Waals surface area contributed by atoms with E-state index in [1.807, 2.05) is 43.7 Å². The lowest BCUT2D eigenvalue weighted by atomic mass is 10.0. The number of rotatable bonds is 5. The van der Waals surface area contributed by atoms with Crippen LogP contribution in [0.25, 0.3) is 22.3 Å².